The van der Waals surface area contributed by atoms with Gasteiger partial charge in [-0.05, 0) is 74.0 Å². The Labute approximate surface area is 197 Å². The Balaban J connectivity index is 1.32. The van der Waals surface area contributed by atoms with E-state index in [0.29, 0.717) is 35.2 Å². The zero-order chi connectivity index (χ0) is 23.9. The molecule has 0 aliphatic carbocycles. The molecule has 3 aromatic carbocycles. The van der Waals surface area contributed by atoms with Gasteiger partial charge in [0, 0.05) is 22.4 Å². The van der Waals surface area contributed by atoms with Crippen LogP contribution in [-0.4, -0.2) is 35.2 Å². The van der Waals surface area contributed by atoms with Crippen molar-refractivity contribution in [3.05, 3.63) is 83.9 Å². The van der Waals surface area contributed by atoms with Crippen molar-refractivity contribution in [2.45, 2.75) is 13.8 Å². The largest absolute Gasteiger partial charge is 0.494 e. The molecular weight excluding hydrogens is 432 g/mol. The van der Waals surface area contributed by atoms with Crippen LogP contribution in [0.1, 0.15) is 22.8 Å². The molecule has 0 aliphatic rings. The Morgan fingerprint density at radius 1 is 0.912 bits per heavy atom. The van der Waals surface area contributed by atoms with Gasteiger partial charge in [0.15, 0.2) is 0 Å². The second-order valence-electron chi connectivity index (χ2n) is 7.49. The maximum Gasteiger partial charge on any atom is 0.251 e. The van der Waals surface area contributed by atoms with Gasteiger partial charge in [-0.2, -0.15) is 0 Å². The highest BCUT2D eigenvalue weighted by Crippen LogP contribution is 2.26. The van der Waals surface area contributed by atoms with Crippen molar-refractivity contribution in [3.8, 4) is 28.7 Å². The van der Waals surface area contributed by atoms with E-state index in [0.717, 1.165) is 16.9 Å². The maximum absolute atomic E-state index is 12.4. The summed E-state index contributed by atoms with van der Waals surface area (Å²) in [6.45, 7) is 4.30. The number of nitrogens with one attached hydrogen (secondary N) is 2. The van der Waals surface area contributed by atoms with Gasteiger partial charge in [0.25, 0.3) is 5.91 Å². The van der Waals surface area contributed by atoms with Crippen molar-refractivity contribution in [3.63, 3.8) is 0 Å². The highest BCUT2D eigenvalue weighted by molar-refractivity contribution is 5.99. The van der Waals surface area contributed by atoms with E-state index in [2.05, 4.69) is 20.8 Å². The lowest BCUT2D eigenvalue weighted by atomic mass is 10.1. The fourth-order valence-electron chi connectivity index (χ4n) is 3.29. The molecule has 0 atom stereocenters. The molecule has 1 heterocycles. The summed E-state index contributed by atoms with van der Waals surface area (Å²) in [4.78, 5) is 24.6. The zero-order valence-corrected chi connectivity index (χ0v) is 18.9. The lowest BCUT2D eigenvalue weighted by molar-refractivity contribution is -0.115. The minimum absolute atomic E-state index is 0.156. The van der Waals surface area contributed by atoms with Crippen molar-refractivity contribution >= 4 is 17.5 Å². The van der Waals surface area contributed by atoms with E-state index < -0.39 is 0 Å². The van der Waals surface area contributed by atoms with Gasteiger partial charge in [0.05, 0.1) is 13.2 Å². The van der Waals surface area contributed by atoms with E-state index >= 15 is 0 Å². The van der Waals surface area contributed by atoms with Gasteiger partial charge in [0.2, 0.25) is 17.7 Å². The topological polar surface area (TPSA) is 106 Å². The van der Waals surface area contributed by atoms with Crippen molar-refractivity contribution in [2.24, 2.45) is 0 Å². The predicted molar refractivity (Wildman–Crippen MR) is 128 cm³/mol. The number of rotatable bonds is 8. The number of anilines is 1. The van der Waals surface area contributed by atoms with Gasteiger partial charge < -0.3 is 19.8 Å². The molecule has 0 bridgehead atoms. The average Bonchev–Trinajstić information content (AvgIpc) is 3.34. The Morgan fingerprint density at radius 2 is 1.62 bits per heavy atom. The number of aromatic nitrogens is 2. The molecule has 0 fully saturated rings. The Kier molecular flexibility index (Phi) is 6.98. The van der Waals surface area contributed by atoms with Crippen LogP contribution in [0.5, 0.6) is 5.75 Å². The standard InChI is InChI=1S/C26H24N4O4/c1-3-33-21-14-12-20(13-15-21)28-23(31)16-27-24(32)18-8-10-19(11-9-18)25-29-30-26(34-25)22-7-5-4-6-17(22)2/h4-15H,3,16H2,1-2H3,(H,27,32)(H,28,31). The third kappa shape index (κ3) is 5.47. The number of carbonyl (C=O) groups excluding carboxylic acids is 2. The van der Waals surface area contributed by atoms with Crippen molar-refractivity contribution in [2.75, 3.05) is 18.5 Å². The van der Waals surface area contributed by atoms with E-state index in [1.807, 2.05) is 38.1 Å². The summed E-state index contributed by atoms with van der Waals surface area (Å²) in [5.74, 6) is 0.834. The molecule has 0 saturated carbocycles. The zero-order valence-electron chi connectivity index (χ0n) is 18.9. The highest BCUT2D eigenvalue weighted by atomic mass is 16.5. The number of hydrogen-bond donors (Lipinski definition) is 2. The van der Waals surface area contributed by atoms with Crippen LogP contribution in [-0.2, 0) is 4.79 Å². The third-order valence-corrected chi connectivity index (χ3v) is 5.05. The summed E-state index contributed by atoms with van der Waals surface area (Å²) >= 11 is 0. The van der Waals surface area contributed by atoms with Crippen LogP contribution in [0.2, 0.25) is 0 Å². The summed E-state index contributed by atoms with van der Waals surface area (Å²) < 4.78 is 11.2. The van der Waals surface area contributed by atoms with E-state index in [9.17, 15) is 9.59 Å². The Bertz CT molecular complexity index is 1280. The molecule has 1 aromatic heterocycles. The average molecular weight is 457 g/mol. The smallest absolute Gasteiger partial charge is 0.251 e. The van der Waals surface area contributed by atoms with E-state index in [4.69, 9.17) is 9.15 Å². The predicted octanol–water partition coefficient (Wildman–Crippen LogP) is 4.48. The Morgan fingerprint density at radius 3 is 2.32 bits per heavy atom. The van der Waals surface area contributed by atoms with Crippen molar-refractivity contribution in [1.29, 1.82) is 0 Å². The van der Waals surface area contributed by atoms with Crippen LogP contribution in [0, 0.1) is 6.92 Å². The molecule has 34 heavy (non-hydrogen) atoms. The number of aryl methyl sites for hydroxylation is 1. The molecule has 0 unspecified atom stereocenters. The minimum atomic E-state index is -0.362. The quantitative estimate of drug-likeness (QED) is 0.405. The van der Waals surface area contributed by atoms with Gasteiger partial charge in [-0.15, -0.1) is 10.2 Å². The molecule has 8 heteroatoms. The number of hydrogen-bond acceptors (Lipinski definition) is 6. The molecule has 0 aliphatic heterocycles. The van der Waals surface area contributed by atoms with Crippen LogP contribution in [0.3, 0.4) is 0 Å². The molecule has 0 radical (unpaired) electrons. The summed E-state index contributed by atoms with van der Waals surface area (Å²) in [6.07, 6.45) is 0. The monoisotopic (exact) mass is 456 g/mol. The second kappa shape index (κ2) is 10.4. The number of nitrogens with zero attached hydrogens (tertiary/aromatic N) is 2. The van der Waals surface area contributed by atoms with Crippen molar-refractivity contribution in [1.82, 2.24) is 15.5 Å². The molecule has 0 saturated heterocycles. The molecule has 4 rings (SSSR count). The molecule has 4 aromatic rings. The second-order valence-corrected chi connectivity index (χ2v) is 7.49. The number of benzene rings is 3. The van der Waals surface area contributed by atoms with Crippen LogP contribution >= 0.6 is 0 Å². The fraction of sp³-hybridized carbons (Fsp3) is 0.154. The first-order valence-corrected chi connectivity index (χ1v) is 10.8. The summed E-state index contributed by atoms with van der Waals surface area (Å²) in [7, 11) is 0. The third-order valence-electron chi connectivity index (χ3n) is 5.05. The lowest BCUT2D eigenvalue weighted by Gasteiger charge is -2.08. The first-order valence-electron chi connectivity index (χ1n) is 10.8. The SMILES string of the molecule is CCOc1ccc(NC(=O)CNC(=O)c2ccc(-c3nnc(-c4ccccc4C)o3)cc2)cc1. The van der Waals surface area contributed by atoms with Gasteiger partial charge in [-0.25, -0.2) is 0 Å². The summed E-state index contributed by atoms with van der Waals surface area (Å²) in [5.41, 5.74) is 3.64. The van der Waals surface area contributed by atoms with E-state index in [1.54, 1.807) is 48.5 Å². The first kappa shape index (κ1) is 22.7. The maximum atomic E-state index is 12.4. The van der Waals surface area contributed by atoms with Crippen LogP contribution in [0.15, 0.2) is 77.2 Å². The summed E-state index contributed by atoms with van der Waals surface area (Å²) in [6, 6.07) is 21.5. The number of ether oxygens (including phenoxy) is 1. The fourth-order valence-corrected chi connectivity index (χ4v) is 3.29. The molecule has 172 valence electrons. The number of carbonyl (C=O) groups is 2. The Hall–Kier alpha value is -4.46. The molecule has 0 spiro atoms. The molecule has 2 amide bonds. The van der Waals surface area contributed by atoms with Gasteiger partial charge in [-0.3, -0.25) is 9.59 Å². The molecular formula is C26H24N4O4. The van der Waals surface area contributed by atoms with Gasteiger partial charge >= 0.3 is 0 Å². The van der Waals surface area contributed by atoms with Gasteiger partial charge in [0.1, 0.15) is 5.75 Å². The molecule has 8 nitrogen and oxygen atoms in total. The first-order chi connectivity index (χ1) is 16.5. The van der Waals surface area contributed by atoms with Crippen LogP contribution in [0.25, 0.3) is 22.9 Å². The normalized spacial score (nSPS) is 10.5. The van der Waals surface area contributed by atoms with E-state index in [-0.39, 0.29) is 18.4 Å². The van der Waals surface area contributed by atoms with Crippen LogP contribution < -0.4 is 15.4 Å². The number of amides is 2. The molecule has 2 N–H and O–H groups in total. The van der Waals surface area contributed by atoms with Crippen LogP contribution in [0.4, 0.5) is 5.69 Å². The highest BCUT2D eigenvalue weighted by Gasteiger charge is 2.13. The minimum Gasteiger partial charge on any atom is -0.494 e. The lowest BCUT2D eigenvalue weighted by Crippen LogP contribution is -2.32. The summed E-state index contributed by atoms with van der Waals surface area (Å²) in [5, 5.41) is 13.6. The van der Waals surface area contributed by atoms with Gasteiger partial charge in [-0.1, -0.05) is 18.2 Å². The van der Waals surface area contributed by atoms with E-state index in [1.165, 1.54) is 0 Å². The van der Waals surface area contributed by atoms with Crippen molar-refractivity contribution < 1.29 is 18.7 Å².